The molecule has 3 rings (SSSR count). The summed E-state index contributed by atoms with van der Waals surface area (Å²) >= 11 is 2.75. The Morgan fingerprint density at radius 2 is 1.96 bits per heavy atom. The third-order valence-electron chi connectivity index (χ3n) is 5.29. The van der Waals surface area contributed by atoms with E-state index in [2.05, 4.69) is 0 Å². The van der Waals surface area contributed by atoms with Gasteiger partial charge in [0, 0.05) is 23.5 Å². The van der Waals surface area contributed by atoms with Gasteiger partial charge in [-0.1, -0.05) is 48.6 Å². The lowest BCUT2D eigenvalue weighted by atomic mass is 9.99. The highest BCUT2D eigenvalue weighted by Crippen LogP contribution is 2.45. The van der Waals surface area contributed by atoms with E-state index < -0.39 is 30.9 Å². The van der Waals surface area contributed by atoms with Gasteiger partial charge in [0.25, 0.3) is 0 Å². The van der Waals surface area contributed by atoms with Crippen LogP contribution in [0.4, 0.5) is 0 Å². The maximum atomic E-state index is 13.7. The second-order valence-corrected chi connectivity index (χ2v) is 12.7. The van der Waals surface area contributed by atoms with Crippen LogP contribution in [-0.2, 0) is 14.8 Å². The van der Waals surface area contributed by atoms with Gasteiger partial charge < -0.3 is 5.11 Å². The zero-order valence-electron chi connectivity index (χ0n) is 16.2. The largest absolute Gasteiger partial charge is 0.480 e. The summed E-state index contributed by atoms with van der Waals surface area (Å²) in [5.74, 6) is -0.521. The fourth-order valence-electron chi connectivity index (χ4n) is 3.73. The van der Waals surface area contributed by atoms with Crippen molar-refractivity contribution in [2.75, 3.05) is 18.6 Å². The van der Waals surface area contributed by atoms with Gasteiger partial charge in [0.2, 0.25) is 10.0 Å². The Bertz CT molecular complexity index is 909. The van der Waals surface area contributed by atoms with Gasteiger partial charge in [-0.15, -0.1) is 11.8 Å². The smallest absolute Gasteiger partial charge is 0.323 e. The standard InChI is InChI=1S/C20H25NO4S3/c1-19(2)17(18(22)23)21(13-14-27-19)28(24,25)20(26-3)11-9-16(10-12-20)15-7-5-4-6-8-15/h4-11,17H,12-14H2,1-3H3,(H,22,23)/t17-,20?/m0/s1. The SMILES string of the molecule is CSC1(S(=O)(=O)N2CCSC(C)(C)[C@@H]2C(=O)O)C=CC(c2ccccc2)=CC1. The van der Waals surface area contributed by atoms with Crippen molar-refractivity contribution in [3.63, 3.8) is 0 Å². The van der Waals surface area contributed by atoms with E-state index in [1.165, 1.54) is 27.8 Å². The van der Waals surface area contributed by atoms with Crippen molar-refractivity contribution in [2.24, 2.45) is 0 Å². The molecule has 0 spiro atoms. The molecule has 1 aromatic rings. The molecule has 1 aromatic carbocycles. The molecule has 0 saturated carbocycles. The molecule has 8 heteroatoms. The lowest BCUT2D eigenvalue weighted by molar-refractivity contribution is -0.142. The first-order chi connectivity index (χ1) is 13.1. The number of rotatable bonds is 5. The van der Waals surface area contributed by atoms with E-state index in [9.17, 15) is 18.3 Å². The number of carbonyl (C=O) groups is 1. The molecule has 1 fully saturated rings. The van der Waals surface area contributed by atoms with Crippen LogP contribution in [0, 0.1) is 0 Å². The lowest BCUT2D eigenvalue weighted by Crippen LogP contribution is -2.61. The fraction of sp³-hybridized carbons (Fsp3) is 0.450. The Balaban J connectivity index is 1.97. The van der Waals surface area contributed by atoms with Gasteiger partial charge in [0.05, 0.1) is 0 Å². The Morgan fingerprint density at radius 1 is 1.29 bits per heavy atom. The van der Waals surface area contributed by atoms with Crippen molar-refractivity contribution in [3.8, 4) is 0 Å². The minimum atomic E-state index is -3.90. The summed E-state index contributed by atoms with van der Waals surface area (Å²) in [4.78, 5) is 12.0. The van der Waals surface area contributed by atoms with Crippen molar-refractivity contribution < 1.29 is 18.3 Å². The molecule has 2 atom stereocenters. The highest BCUT2D eigenvalue weighted by atomic mass is 32.3. The van der Waals surface area contributed by atoms with Gasteiger partial charge >= 0.3 is 5.97 Å². The average molecular weight is 440 g/mol. The molecule has 1 aliphatic carbocycles. The summed E-state index contributed by atoms with van der Waals surface area (Å²) in [5, 5.41) is 9.80. The molecule has 0 bridgehead atoms. The van der Waals surface area contributed by atoms with E-state index in [-0.39, 0.29) is 6.54 Å². The molecule has 1 heterocycles. The van der Waals surface area contributed by atoms with E-state index in [4.69, 9.17) is 0 Å². The zero-order valence-corrected chi connectivity index (χ0v) is 18.6. The second-order valence-electron chi connectivity index (χ2n) is 7.39. The van der Waals surface area contributed by atoms with Crippen molar-refractivity contribution in [3.05, 3.63) is 54.1 Å². The van der Waals surface area contributed by atoms with Crippen LogP contribution in [0.2, 0.25) is 0 Å². The summed E-state index contributed by atoms with van der Waals surface area (Å²) in [6, 6.07) is 8.72. The predicted molar refractivity (Wildman–Crippen MR) is 118 cm³/mol. The van der Waals surface area contributed by atoms with E-state index in [1.54, 1.807) is 26.2 Å². The van der Waals surface area contributed by atoms with Crippen LogP contribution in [0.3, 0.4) is 0 Å². The topological polar surface area (TPSA) is 74.7 Å². The summed E-state index contributed by atoms with van der Waals surface area (Å²) in [5.41, 5.74) is 2.01. The first-order valence-corrected chi connectivity index (χ1v) is 12.7. The predicted octanol–water partition coefficient (Wildman–Crippen LogP) is 3.70. The number of sulfonamides is 1. The van der Waals surface area contributed by atoms with Crippen LogP contribution in [0.15, 0.2) is 48.6 Å². The number of benzene rings is 1. The zero-order chi connectivity index (χ0) is 20.6. The first kappa shape index (κ1) is 21.5. The number of hydrogen-bond donors (Lipinski definition) is 1. The molecule has 28 heavy (non-hydrogen) atoms. The first-order valence-electron chi connectivity index (χ1n) is 9.03. The number of carboxylic acids is 1. The Hall–Kier alpha value is -1.22. The summed E-state index contributed by atoms with van der Waals surface area (Å²) in [6.45, 7) is 3.81. The van der Waals surface area contributed by atoms with Crippen molar-refractivity contribution in [1.29, 1.82) is 0 Å². The molecule has 0 aromatic heterocycles. The van der Waals surface area contributed by atoms with Crippen LogP contribution < -0.4 is 0 Å². The van der Waals surface area contributed by atoms with Gasteiger partial charge in [-0.3, -0.25) is 4.79 Å². The third kappa shape index (κ3) is 3.67. The second kappa shape index (κ2) is 7.89. The van der Waals surface area contributed by atoms with Gasteiger partial charge in [0.1, 0.15) is 6.04 Å². The van der Waals surface area contributed by atoms with Crippen molar-refractivity contribution in [2.45, 2.75) is 35.1 Å². The molecule has 1 N–H and O–H groups in total. The Kier molecular flexibility index (Phi) is 6.06. The molecule has 1 unspecified atom stereocenters. The number of nitrogens with zero attached hydrogens (tertiary/aromatic N) is 1. The van der Waals surface area contributed by atoms with Gasteiger partial charge in [-0.25, -0.2) is 8.42 Å². The molecule has 1 saturated heterocycles. The molecule has 0 radical (unpaired) electrons. The molecule has 0 amide bonds. The Morgan fingerprint density at radius 3 is 2.50 bits per heavy atom. The summed E-state index contributed by atoms with van der Waals surface area (Å²) in [7, 11) is -3.90. The molecule has 152 valence electrons. The van der Waals surface area contributed by atoms with Gasteiger partial charge in [-0.05, 0) is 31.2 Å². The highest BCUT2D eigenvalue weighted by Gasteiger charge is 2.54. The normalized spacial score (nSPS) is 28.0. The Labute approximate surface area is 175 Å². The number of carboxylic acid groups (broad SMARTS) is 1. The lowest BCUT2D eigenvalue weighted by Gasteiger charge is -2.45. The maximum absolute atomic E-state index is 13.7. The summed E-state index contributed by atoms with van der Waals surface area (Å²) in [6.07, 6.45) is 7.56. The average Bonchev–Trinajstić information content (AvgIpc) is 2.67. The van der Waals surface area contributed by atoms with Crippen molar-refractivity contribution in [1.82, 2.24) is 4.31 Å². The third-order valence-corrected chi connectivity index (χ3v) is 11.0. The molecule has 1 aliphatic heterocycles. The number of allylic oxidation sites excluding steroid dienone is 3. The number of thioether (sulfide) groups is 2. The monoisotopic (exact) mass is 439 g/mol. The molecule has 5 nitrogen and oxygen atoms in total. The number of aliphatic carboxylic acids is 1. The van der Waals surface area contributed by atoms with Crippen LogP contribution in [0.5, 0.6) is 0 Å². The number of hydrogen-bond acceptors (Lipinski definition) is 5. The van der Waals surface area contributed by atoms with Crippen LogP contribution in [-0.4, -0.2) is 57.2 Å². The van der Waals surface area contributed by atoms with E-state index >= 15 is 0 Å². The van der Waals surface area contributed by atoms with Crippen LogP contribution >= 0.6 is 23.5 Å². The highest BCUT2D eigenvalue weighted by molar-refractivity contribution is 8.13. The van der Waals surface area contributed by atoms with Crippen LogP contribution in [0.25, 0.3) is 5.57 Å². The molecular formula is C20H25NO4S3. The minimum absolute atomic E-state index is 0.207. The van der Waals surface area contributed by atoms with E-state index in [0.29, 0.717) is 12.2 Å². The van der Waals surface area contributed by atoms with Gasteiger partial charge in [-0.2, -0.15) is 16.1 Å². The quantitative estimate of drug-likeness (QED) is 0.754. The maximum Gasteiger partial charge on any atom is 0.323 e. The fourth-order valence-corrected chi connectivity index (χ4v) is 8.59. The van der Waals surface area contributed by atoms with Gasteiger partial charge in [0.15, 0.2) is 4.08 Å². The molecular weight excluding hydrogens is 414 g/mol. The molecule has 2 aliphatic rings. The van der Waals surface area contributed by atoms with Crippen LogP contribution in [0.1, 0.15) is 25.8 Å². The minimum Gasteiger partial charge on any atom is -0.480 e. The summed E-state index contributed by atoms with van der Waals surface area (Å²) < 4.78 is 26.7. The van der Waals surface area contributed by atoms with E-state index in [0.717, 1.165) is 11.1 Å². The van der Waals surface area contributed by atoms with Crippen molar-refractivity contribution >= 4 is 45.1 Å². The van der Waals surface area contributed by atoms with E-state index in [1.807, 2.05) is 42.5 Å².